The van der Waals surface area contributed by atoms with Crippen LogP contribution in [0.3, 0.4) is 0 Å². The second kappa shape index (κ2) is 7.45. The molecule has 0 saturated carbocycles. The van der Waals surface area contributed by atoms with Gasteiger partial charge in [-0.05, 0) is 38.9 Å². The van der Waals surface area contributed by atoms with Crippen molar-refractivity contribution >= 4 is 23.3 Å². The molecule has 1 amide bonds. The minimum atomic E-state index is -0.143. The van der Waals surface area contributed by atoms with Crippen molar-refractivity contribution in [2.45, 2.75) is 19.8 Å². The molecule has 20 heavy (non-hydrogen) atoms. The Morgan fingerprint density at radius 3 is 2.90 bits per heavy atom. The SMILES string of the molecule is CCNc1cc(C(=O)NCCN2CCCC2)c(Cl)cn1. The lowest BCUT2D eigenvalue weighted by molar-refractivity contribution is 0.0950. The van der Waals surface area contributed by atoms with E-state index >= 15 is 0 Å². The number of carbonyl (C=O) groups is 1. The van der Waals surface area contributed by atoms with Crippen LogP contribution in [0.5, 0.6) is 0 Å². The summed E-state index contributed by atoms with van der Waals surface area (Å²) in [5.41, 5.74) is 0.471. The average Bonchev–Trinajstić information content (AvgIpc) is 2.94. The number of pyridine rings is 1. The van der Waals surface area contributed by atoms with Gasteiger partial charge in [0.05, 0.1) is 10.6 Å². The standard InChI is InChI=1S/C14H21ClN4O/c1-2-16-13-9-11(12(15)10-18-13)14(20)17-5-8-19-6-3-4-7-19/h9-10H,2-8H2,1H3,(H,16,18)(H,17,20). The average molecular weight is 297 g/mol. The second-order valence-corrected chi connectivity index (χ2v) is 5.29. The van der Waals surface area contributed by atoms with E-state index in [0.717, 1.165) is 26.2 Å². The van der Waals surface area contributed by atoms with Crippen LogP contribution in [0.2, 0.25) is 5.02 Å². The molecule has 1 aliphatic rings. The molecule has 110 valence electrons. The van der Waals surface area contributed by atoms with Gasteiger partial charge >= 0.3 is 0 Å². The smallest absolute Gasteiger partial charge is 0.253 e. The number of rotatable bonds is 6. The lowest BCUT2D eigenvalue weighted by Crippen LogP contribution is -2.33. The van der Waals surface area contributed by atoms with Gasteiger partial charge in [-0.15, -0.1) is 0 Å². The van der Waals surface area contributed by atoms with Crippen LogP contribution in [0, 0.1) is 0 Å². The molecule has 1 fully saturated rings. The molecule has 1 aromatic rings. The maximum absolute atomic E-state index is 12.1. The summed E-state index contributed by atoms with van der Waals surface area (Å²) >= 11 is 6.04. The number of nitrogens with one attached hydrogen (secondary N) is 2. The Kier molecular flexibility index (Phi) is 5.61. The first-order valence-corrected chi connectivity index (χ1v) is 7.48. The third-order valence-corrected chi connectivity index (χ3v) is 3.67. The van der Waals surface area contributed by atoms with Gasteiger partial charge in [-0.2, -0.15) is 0 Å². The van der Waals surface area contributed by atoms with Gasteiger partial charge in [-0.1, -0.05) is 11.6 Å². The molecule has 0 aromatic carbocycles. The van der Waals surface area contributed by atoms with Crippen LogP contribution < -0.4 is 10.6 Å². The Morgan fingerprint density at radius 2 is 2.20 bits per heavy atom. The van der Waals surface area contributed by atoms with Crippen molar-refractivity contribution in [2.75, 3.05) is 38.0 Å². The Balaban J connectivity index is 1.88. The van der Waals surface area contributed by atoms with E-state index < -0.39 is 0 Å². The zero-order valence-corrected chi connectivity index (χ0v) is 12.5. The molecule has 2 N–H and O–H groups in total. The lowest BCUT2D eigenvalue weighted by atomic mass is 10.2. The van der Waals surface area contributed by atoms with Crippen LogP contribution in [0.15, 0.2) is 12.3 Å². The molecule has 0 atom stereocenters. The van der Waals surface area contributed by atoms with E-state index in [4.69, 9.17) is 11.6 Å². The number of hydrogen-bond acceptors (Lipinski definition) is 4. The second-order valence-electron chi connectivity index (χ2n) is 4.88. The van der Waals surface area contributed by atoms with Gasteiger partial charge in [0.2, 0.25) is 0 Å². The number of hydrogen-bond donors (Lipinski definition) is 2. The number of anilines is 1. The van der Waals surface area contributed by atoms with Gasteiger partial charge in [0.15, 0.2) is 0 Å². The molecule has 1 saturated heterocycles. The molecule has 6 heteroatoms. The third kappa shape index (κ3) is 4.08. The highest BCUT2D eigenvalue weighted by Crippen LogP contribution is 2.17. The molecule has 0 aliphatic carbocycles. The monoisotopic (exact) mass is 296 g/mol. The maximum atomic E-state index is 12.1. The van der Waals surface area contributed by atoms with Gasteiger partial charge < -0.3 is 15.5 Å². The molecule has 2 rings (SSSR count). The Hall–Kier alpha value is -1.33. The van der Waals surface area contributed by atoms with Crippen LogP contribution in [0.1, 0.15) is 30.1 Å². The molecule has 2 heterocycles. The first-order valence-electron chi connectivity index (χ1n) is 7.10. The fraction of sp³-hybridized carbons (Fsp3) is 0.571. The van der Waals surface area contributed by atoms with Crippen LogP contribution in [-0.2, 0) is 0 Å². The van der Waals surface area contributed by atoms with Gasteiger partial charge in [-0.3, -0.25) is 4.79 Å². The first-order chi connectivity index (χ1) is 9.70. The largest absolute Gasteiger partial charge is 0.370 e. The van der Waals surface area contributed by atoms with Crippen molar-refractivity contribution in [3.8, 4) is 0 Å². The molecule has 0 unspecified atom stereocenters. The summed E-state index contributed by atoms with van der Waals surface area (Å²) in [7, 11) is 0. The summed E-state index contributed by atoms with van der Waals surface area (Å²) in [5.74, 6) is 0.525. The first kappa shape index (κ1) is 15.1. The maximum Gasteiger partial charge on any atom is 0.253 e. The van der Waals surface area contributed by atoms with Crippen molar-refractivity contribution < 1.29 is 4.79 Å². The summed E-state index contributed by atoms with van der Waals surface area (Å²) in [6.07, 6.45) is 4.03. The summed E-state index contributed by atoms with van der Waals surface area (Å²) in [5, 5.41) is 6.37. The number of amides is 1. The summed E-state index contributed by atoms with van der Waals surface area (Å²) in [6.45, 7) is 6.55. The van der Waals surface area contributed by atoms with Crippen molar-refractivity contribution in [3.05, 3.63) is 22.8 Å². The van der Waals surface area contributed by atoms with Crippen LogP contribution in [-0.4, -0.2) is 48.5 Å². The van der Waals surface area contributed by atoms with E-state index in [9.17, 15) is 4.79 Å². The highest BCUT2D eigenvalue weighted by molar-refractivity contribution is 6.33. The fourth-order valence-corrected chi connectivity index (χ4v) is 2.51. The van der Waals surface area contributed by atoms with Gasteiger partial charge in [0.25, 0.3) is 5.91 Å². The third-order valence-electron chi connectivity index (χ3n) is 3.37. The highest BCUT2D eigenvalue weighted by atomic mass is 35.5. The fourth-order valence-electron chi connectivity index (χ4n) is 2.32. The minimum Gasteiger partial charge on any atom is -0.370 e. The van der Waals surface area contributed by atoms with E-state index in [0.29, 0.717) is 22.9 Å². The molecule has 0 spiro atoms. The highest BCUT2D eigenvalue weighted by Gasteiger charge is 2.14. The predicted octanol–water partition coefficient (Wildman–Crippen LogP) is 1.99. The number of halogens is 1. The zero-order chi connectivity index (χ0) is 14.4. The molecule has 0 radical (unpaired) electrons. The molecular weight excluding hydrogens is 276 g/mol. The van der Waals surface area contributed by atoms with Crippen molar-refractivity contribution in [2.24, 2.45) is 0 Å². The van der Waals surface area contributed by atoms with Gasteiger partial charge in [-0.25, -0.2) is 4.98 Å². The van der Waals surface area contributed by atoms with Crippen molar-refractivity contribution in [3.63, 3.8) is 0 Å². The van der Waals surface area contributed by atoms with E-state index in [2.05, 4.69) is 20.5 Å². The topological polar surface area (TPSA) is 57.3 Å². The molecule has 1 aromatic heterocycles. The number of nitrogens with zero attached hydrogens (tertiary/aromatic N) is 2. The lowest BCUT2D eigenvalue weighted by Gasteiger charge is -2.15. The van der Waals surface area contributed by atoms with Crippen LogP contribution >= 0.6 is 11.6 Å². The quantitative estimate of drug-likeness (QED) is 0.843. The number of carbonyl (C=O) groups excluding carboxylic acids is 1. The van der Waals surface area contributed by atoms with Crippen molar-refractivity contribution in [1.82, 2.24) is 15.2 Å². The molecular formula is C14H21ClN4O. The summed E-state index contributed by atoms with van der Waals surface area (Å²) < 4.78 is 0. The van der Waals surface area contributed by atoms with E-state index in [1.54, 1.807) is 6.07 Å². The van der Waals surface area contributed by atoms with Gasteiger partial charge in [0, 0.05) is 25.8 Å². The predicted molar refractivity (Wildman–Crippen MR) is 81.4 cm³/mol. The van der Waals surface area contributed by atoms with E-state index in [-0.39, 0.29) is 5.91 Å². The summed E-state index contributed by atoms with van der Waals surface area (Å²) in [6, 6.07) is 1.69. The summed E-state index contributed by atoms with van der Waals surface area (Å²) in [4.78, 5) is 18.6. The Bertz CT molecular complexity index is 460. The number of aromatic nitrogens is 1. The Morgan fingerprint density at radius 1 is 1.45 bits per heavy atom. The van der Waals surface area contributed by atoms with Gasteiger partial charge in [0.1, 0.15) is 5.82 Å². The van der Waals surface area contributed by atoms with E-state index in [1.807, 2.05) is 6.92 Å². The number of likely N-dealkylation sites (tertiary alicyclic amines) is 1. The van der Waals surface area contributed by atoms with Crippen LogP contribution in [0.25, 0.3) is 0 Å². The zero-order valence-electron chi connectivity index (χ0n) is 11.8. The Labute approximate surface area is 124 Å². The minimum absolute atomic E-state index is 0.143. The van der Waals surface area contributed by atoms with E-state index in [1.165, 1.54) is 19.0 Å². The molecule has 1 aliphatic heterocycles. The molecule has 0 bridgehead atoms. The van der Waals surface area contributed by atoms with Crippen LogP contribution in [0.4, 0.5) is 5.82 Å². The normalized spacial score (nSPS) is 15.3. The van der Waals surface area contributed by atoms with Crippen molar-refractivity contribution in [1.29, 1.82) is 0 Å². The molecule has 5 nitrogen and oxygen atoms in total.